The highest BCUT2D eigenvalue weighted by molar-refractivity contribution is 8.03. The van der Waals surface area contributed by atoms with Gasteiger partial charge in [-0.15, -0.1) is 0 Å². The van der Waals surface area contributed by atoms with Crippen LogP contribution in [0.4, 0.5) is 8.78 Å². The Balaban J connectivity index is 2.23. The summed E-state index contributed by atoms with van der Waals surface area (Å²) in [5, 5.41) is 10.2. The number of aryl methyl sites for hydroxylation is 1. The molecule has 0 fully saturated rings. The maximum absolute atomic E-state index is 13.7. The Morgan fingerprint density at radius 2 is 1.59 bits per heavy atom. The molecule has 0 aliphatic rings. The summed E-state index contributed by atoms with van der Waals surface area (Å²) in [6.07, 6.45) is 2.10. The summed E-state index contributed by atoms with van der Waals surface area (Å²) < 4.78 is 27.4. The Morgan fingerprint density at radius 1 is 1.00 bits per heavy atom. The first-order valence-electron chi connectivity index (χ1n) is 6.80. The molecule has 0 atom stereocenters. The zero-order chi connectivity index (χ0) is 15.9. The number of hydrogen-bond acceptors (Lipinski definition) is 2. The van der Waals surface area contributed by atoms with E-state index < -0.39 is 11.6 Å². The van der Waals surface area contributed by atoms with Gasteiger partial charge in [-0.25, -0.2) is 8.78 Å². The van der Waals surface area contributed by atoms with Crippen LogP contribution in [0.2, 0.25) is 0 Å². The zero-order valence-electron chi connectivity index (χ0n) is 12.0. The summed E-state index contributed by atoms with van der Waals surface area (Å²) in [4.78, 5) is -0.294. The first-order valence-corrected chi connectivity index (χ1v) is 7.61. The average Bonchev–Trinajstić information content (AvgIpc) is 2.50. The minimum atomic E-state index is -0.769. The van der Waals surface area contributed by atoms with E-state index in [1.54, 1.807) is 5.40 Å². The van der Waals surface area contributed by atoms with E-state index in [4.69, 9.17) is 5.26 Å². The molecule has 0 aliphatic carbocycles. The van der Waals surface area contributed by atoms with Gasteiger partial charge in [0.1, 0.15) is 17.0 Å². The molecular formula is C18H13F2NS. The van der Waals surface area contributed by atoms with Crippen molar-refractivity contribution in [2.45, 2.75) is 24.7 Å². The van der Waals surface area contributed by atoms with Gasteiger partial charge in [0.25, 0.3) is 0 Å². The van der Waals surface area contributed by atoms with Crippen LogP contribution in [0, 0.1) is 34.1 Å². The fourth-order valence-corrected chi connectivity index (χ4v) is 2.37. The lowest BCUT2D eigenvalue weighted by Crippen LogP contribution is -1.89. The van der Waals surface area contributed by atoms with Crippen LogP contribution in [0.25, 0.3) is 0 Å². The SMILES string of the molecule is CCCc1ccc(C#Cc2cc(F)c(SC#N)c(F)c2)cc1. The summed E-state index contributed by atoms with van der Waals surface area (Å²) in [6, 6.07) is 10.1. The molecule has 2 rings (SSSR count). The van der Waals surface area contributed by atoms with Crippen molar-refractivity contribution in [3.05, 3.63) is 64.7 Å². The molecular weight excluding hydrogens is 300 g/mol. The summed E-state index contributed by atoms with van der Waals surface area (Å²) in [6.45, 7) is 2.12. The Kier molecular flexibility index (Phi) is 5.58. The van der Waals surface area contributed by atoms with E-state index in [0.29, 0.717) is 11.8 Å². The molecule has 1 nitrogen and oxygen atoms in total. The van der Waals surface area contributed by atoms with E-state index in [-0.39, 0.29) is 10.5 Å². The van der Waals surface area contributed by atoms with Gasteiger partial charge in [-0.05, 0) is 48.0 Å². The number of halogens is 2. The number of nitriles is 1. The molecule has 0 radical (unpaired) electrons. The summed E-state index contributed by atoms with van der Waals surface area (Å²) in [5.41, 5.74) is 2.27. The van der Waals surface area contributed by atoms with Crippen LogP contribution < -0.4 is 0 Å². The number of thiocyanates is 1. The lowest BCUT2D eigenvalue weighted by molar-refractivity contribution is 0.540. The molecule has 0 spiro atoms. The van der Waals surface area contributed by atoms with E-state index in [1.807, 2.05) is 24.3 Å². The summed E-state index contributed by atoms with van der Waals surface area (Å²) in [7, 11) is 0. The van der Waals surface area contributed by atoms with Gasteiger partial charge in [-0.3, -0.25) is 0 Å². The van der Waals surface area contributed by atoms with Gasteiger partial charge in [-0.1, -0.05) is 37.3 Å². The highest BCUT2D eigenvalue weighted by Gasteiger charge is 2.10. The molecule has 0 unspecified atom stereocenters. The smallest absolute Gasteiger partial charge is 0.142 e. The molecule has 0 amide bonds. The van der Waals surface area contributed by atoms with Gasteiger partial charge in [0.15, 0.2) is 0 Å². The van der Waals surface area contributed by atoms with Crippen molar-refractivity contribution < 1.29 is 8.78 Å². The largest absolute Gasteiger partial charge is 0.206 e. The minimum absolute atomic E-state index is 0.245. The van der Waals surface area contributed by atoms with E-state index in [0.717, 1.165) is 30.5 Å². The van der Waals surface area contributed by atoms with Crippen LogP contribution in [0.1, 0.15) is 30.0 Å². The normalized spacial score (nSPS) is 9.73. The van der Waals surface area contributed by atoms with Crippen LogP contribution >= 0.6 is 11.8 Å². The molecule has 2 aromatic rings. The molecule has 22 heavy (non-hydrogen) atoms. The topological polar surface area (TPSA) is 23.8 Å². The fourth-order valence-electron chi connectivity index (χ4n) is 1.96. The number of thioether (sulfide) groups is 1. The molecule has 0 aliphatic heterocycles. The zero-order valence-corrected chi connectivity index (χ0v) is 12.8. The first kappa shape index (κ1) is 16.1. The van der Waals surface area contributed by atoms with Crippen LogP contribution in [-0.2, 0) is 6.42 Å². The summed E-state index contributed by atoms with van der Waals surface area (Å²) in [5.74, 6) is 4.08. The Labute approximate surface area is 133 Å². The third-order valence-corrected chi connectivity index (χ3v) is 3.68. The van der Waals surface area contributed by atoms with E-state index in [2.05, 4.69) is 18.8 Å². The lowest BCUT2D eigenvalue weighted by atomic mass is 10.1. The monoisotopic (exact) mass is 313 g/mol. The second-order valence-electron chi connectivity index (χ2n) is 4.66. The quantitative estimate of drug-likeness (QED) is 0.457. The van der Waals surface area contributed by atoms with Crippen LogP contribution in [0.3, 0.4) is 0 Å². The van der Waals surface area contributed by atoms with Crippen LogP contribution in [0.15, 0.2) is 41.3 Å². The van der Waals surface area contributed by atoms with Crippen molar-refractivity contribution in [2.75, 3.05) is 0 Å². The second kappa shape index (κ2) is 7.64. The molecule has 2 aromatic carbocycles. The van der Waals surface area contributed by atoms with Gasteiger partial charge in [-0.2, -0.15) is 5.26 Å². The predicted molar refractivity (Wildman–Crippen MR) is 84.2 cm³/mol. The average molecular weight is 313 g/mol. The minimum Gasteiger partial charge on any atom is -0.206 e. The van der Waals surface area contributed by atoms with Gasteiger partial charge in [0, 0.05) is 11.1 Å². The molecule has 0 N–H and O–H groups in total. The van der Waals surface area contributed by atoms with Crippen molar-refractivity contribution in [3.63, 3.8) is 0 Å². The maximum atomic E-state index is 13.7. The molecule has 4 heteroatoms. The standard InChI is InChI=1S/C18H13F2NS/c1-2-3-13-4-6-14(7-5-13)8-9-15-10-16(19)18(22-12-21)17(20)11-15/h4-7,10-11H,2-3H2,1H3. The number of nitrogens with zero attached hydrogens (tertiary/aromatic N) is 1. The first-order chi connectivity index (χ1) is 10.6. The highest BCUT2D eigenvalue weighted by Crippen LogP contribution is 2.25. The molecule has 0 heterocycles. The number of rotatable bonds is 3. The van der Waals surface area contributed by atoms with Crippen LogP contribution in [-0.4, -0.2) is 0 Å². The molecule has 0 bridgehead atoms. The molecule has 0 saturated heterocycles. The van der Waals surface area contributed by atoms with Crippen LogP contribution in [0.5, 0.6) is 0 Å². The van der Waals surface area contributed by atoms with Crippen molar-refractivity contribution in [3.8, 4) is 17.2 Å². The van der Waals surface area contributed by atoms with Gasteiger partial charge < -0.3 is 0 Å². The van der Waals surface area contributed by atoms with E-state index in [1.165, 1.54) is 5.56 Å². The molecule has 0 saturated carbocycles. The van der Waals surface area contributed by atoms with Gasteiger partial charge in [0.05, 0.1) is 4.90 Å². The predicted octanol–water partition coefficient (Wildman–Crippen LogP) is 4.89. The maximum Gasteiger partial charge on any atom is 0.142 e. The third-order valence-electron chi connectivity index (χ3n) is 2.99. The number of hydrogen-bond donors (Lipinski definition) is 0. The Hall–Kier alpha value is -2.30. The van der Waals surface area contributed by atoms with Gasteiger partial charge >= 0.3 is 0 Å². The third kappa shape index (κ3) is 4.10. The molecule has 110 valence electrons. The van der Waals surface area contributed by atoms with Crippen molar-refractivity contribution >= 4 is 11.8 Å². The van der Waals surface area contributed by atoms with Crippen molar-refractivity contribution in [2.24, 2.45) is 0 Å². The van der Waals surface area contributed by atoms with Gasteiger partial charge in [0.2, 0.25) is 0 Å². The Morgan fingerprint density at radius 3 is 2.14 bits per heavy atom. The Bertz CT molecular complexity index is 741. The van der Waals surface area contributed by atoms with Crippen molar-refractivity contribution in [1.29, 1.82) is 5.26 Å². The van der Waals surface area contributed by atoms with E-state index in [9.17, 15) is 8.78 Å². The summed E-state index contributed by atoms with van der Waals surface area (Å²) >= 11 is 0.465. The van der Waals surface area contributed by atoms with Crippen molar-refractivity contribution in [1.82, 2.24) is 0 Å². The lowest BCUT2D eigenvalue weighted by Gasteiger charge is -2.00. The van der Waals surface area contributed by atoms with E-state index >= 15 is 0 Å². The number of benzene rings is 2. The molecule has 0 aromatic heterocycles. The fraction of sp³-hybridized carbons (Fsp3) is 0.167. The highest BCUT2D eigenvalue weighted by atomic mass is 32.2. The second-order valence-corrected chi connectivity index (χ2v) is 5.45.